The van der Waals surface area contributed by atoms with Crippen LogP contribution < -0.4 is 4.72 Å². The van der Waals surface area contributed by atoms with E-state index in [0.29, 0.717) is 0 Å². The Morgan fingerprint density at radius 2 is 1.89 bits per heavy atom. The molecule has 0 bridgehead atoms. The summed E-state index contributed by atoms with van der Waals surface area (Å²) in [5.41, 5.74) is -2.03. The zero-order valence-electron chi connectivity index (χ0n) is 14.8. The predicted molar refractivity (Wildman–Crippen MR) is 96.4 cm³/mol. The SMILES string of the molecule is C=CCCc1ccc(S(=O)(=O)NCC2=CC=CC(C)(C(F)(F)F)C2F)cc1. The van der Waals surface area contributed by atoms with Gasteiger partial charge in [-0.2, -0.15) is 13.2 Å². The molecule has 0 saturated heterocycles. The molecule has 0 heterocycles. The van der Waals surface area contributed by atoms with Crippen LogP contribution in [0.4, 0.5) is 17.6 Å². The Kier molecular flexibility index (Phi) is 6.32. The number of sulfonamides is 1. The molecule has 27 heavy (non-hydrogen) atoms. The van der Waals surface area contributed by atoms with Crippen LogP contribution in [0.2, 0.25) is 0 Å². The van der Waals surface area contributed by atoms with E-state index >= 15 is 0 Å². The van der Waals surface area contributed by atoms with E-state index in [-0.39, 0.29) is 10.5 Å². The van der Waals surface area contributed by atoms with Crippen molar-refractivity contribution < 1.29 is 26.0 Å². The second-order valence-electron chi connectivity index (χ2n) is 6.54. The zero-order valence-corrected chi connectivity index (χ0v) is 15.6. The molecule has 0 amide bonds. The van der Waals surface area contributed by atoms with E-state index in [1.54, 1.807) is 18.2 Å². The van der Waals surface area contributed by atoms with Crippen LogP contribution in [0.25, 0.3) is 0 Å². The molecule has 0 spiro atoms. The minimum atomic E-state index is -4.79. The number of nitrogens with one attached hydrogen (secondary N) is 1. The summed E-state index contributed by atoms with van der Waals surface area (Å²) in [5.74, 6) is 0. The number of rotatable bonds is 7. The van der Waals surface area contributed by atoms with Crippen LogP contribution in [0.1, 0.15) is 18.9 Å². The van der Waals surface area contributed by atoms with Crippen molar-refractivity contribution in [3.8, 4) is 0 Å². The van der Waals surface area contributed by atoms with Crippen LogP contribution in [0, 0.1) is 5.41 Å². The second kappa shape index (κ2) is 7.98. The van der Waals surface area contributed by atoms with E-state index < -0.39 is 34.3 Å². The maximum Gasteiger partial charge on any atom is 0.400 e. The lowest BCUT2D eigenvalue weighted by Crippen LogP contribution is -2.45. The number of aryl methyl sites for hydroxylation is 1. The first kappa shape index (κ1) is 21.4. The van der Waals surface area contributed by atoms with E-state index in [2.05, 4.69) is 11.3 Å². The van der Waals surface area contributed by atoms with Crippen molar-refractivity contribution in [1.29, 1.82) is 0 Å². The molecular weight excluding hydrogens is 382 g/mol. The van der Waals surface area contributed by atoms with Crippen molar-refractivity contribution >= 4 is 10.0 Å². The first-order valence-corrected chi connectivity index (χ1v) is 9.78. The second-order valence-corrected chi connectivity index (χ2v) is 8.31. The Morgan fingerprint density at radius 1 is 1.26 bits per heavy atom. The van der Waals surface area contributed by atoms with Crippen LogP contribution in [-0.2, 0) is 16.4 Å². The van der Waals surface area contributed by atoms with Crippen LogP contribution >= 0.6 is 0 Å². The lowest BCUT2D eigenvalue weighted by molar-refractivity contribution is -0.215. The van der Waals surface area contributed by atoms with E-state index in [9.17, 15) is 26.0 Å². The molecule has 0 aliphatic heterocycles. The van der Waals surface area contributed by atoms with Crippen LogP contribution in [-0.4, -0.2) is 27.3 Å². The molecule has 0 radical (unpaired) electrons. The van der Waals surface area contributed by atoms with Gasteiger partial charge in [-0.15, -0.1) is 6.58 Å². The summed E-state index contributed by atoms with van der Waals surface area (Å²) in [5, 5.41) is 0. The van der Waals surface area contributed by atoms with Gasteiger partial charge in [0.25, 0.3) is 0 Å². The van der Waals surface area contributed by atoms with Crippen molar-refractivity contribution in [2.24, 2.45) is 5.41 Å². The number of halogens is 4. The zero-order chi connectivity index (χ0) is 20.3. The molecule has 148 valence electrons. The normalized spacial score (nSPS) is 23.1. The van der Waals surface area contributed by atoms with Gasteiger partial charge in [0.2, 0.25) is 10.0 Å². The maximum absolute atomic E-state index is 14.5. The molecule has 2 atom stereocenters. The van der Waals surface area contributed by atoms with Crippen molar-refractivity contribution in [2.45, 2.75) is 37.0 Å². The molecule has 1 N–H and O–H groups in total. The van der Waals surface area contributed by atoms with Gasteiger partial charge in [0.15, 0.2) is 0 Å². The number of allylic oxidation sites excluding steroid dienone is 4. The Bertz CT molecular complexity index is 841. The lowest BCUT2D eigenvalue weighted by Gasteiger charge is -2.35. The monoisotopic (exact) mass is 403 g/mol. The van der Waals surface area contributed by atoms with Gasteiger partial charge in [0.05, 0.1) is 4.90 Å². The highest BCUT2D eigenvalue weighted by Crippen LogP contribution is 2.47. The molecular formula is C19H21F4NO2S. The highest BCUT2D eigenvalue weighted by Gasteiger charge is 2.56. The summed E-state index contributed by atoms with van der Waals surface area (Å²) >= 11 is 0. The molecule has 1 aromatic rings. The molecule has 3 nitrogen and oxygen atoms in total. The van der Waals surface area contributed by atoms with E-state index in [0.717, 1.165) is 37.5 Å². The molecule has 2 unspecified atom stereocenters. The molecule has 0 saturated carbocycles. The van der Waals surface area contributed by atoms with Crippen molar-refractivity contribution in [1.82, 2.24) is 4.72 Å². The molecule has 0 fully saturated rings. The maximum atomic E-state index is 14.5. The van der Waals surface area contributed by atoms with Crippen molar-refractivity contribution in [2.75, 3.05) is 6.54 Å². The molecule has 1 aliphatic rings. The first-order chi connectivity index (χ1) is 12.5. The minimum Gasteiger partial charge on any atom is -0.241 e. The van der Waals surface area contributed by atoms with Crippen LogP contribution in [0.5, 0.6) is 0 Å². The Hall–Kier alpha value is -1.93. The smallest absolute Gasteiger partial charge is 0.241 e. The van der Waals surface area contributed by atoms with Crippen molar-refractivity contribution in [3.63, 3.8) is 0 Å². The summed E-state index contributed by atoms with van der Waals surface area (Å²) in [6.07, 6.45) is -0.925. The summed E-state index contributed by atoms with van der Waals surface area (Å²) in [7, 11) is -3.98. The average molecular weight is 403 g/mol. The number of benzene rings is 1. The Morgan fingerprint density at radius 3 is 2.44 bits per heavy atom. The summed E-state index contributed by atoms with van der Waals surface area (Å²) in [6, 6.07) is 6.12. The fourth-order valence-corrected chi connectivity index (χ4v) is 3.70. The van der Waals surface area contributed by atoms with E-state index in [1.807, 2.05) is 0 Å². The van der Waals surface area contributed by atoms with E-state index in [1.165, 1.54) is 18.2 Å². The summed E-state index contributed by atoms with van der Waals surface area (Å²) in [6.45, 7) is 3.82. The highest BCUT2D eigenvalue weighted by molar-refractivity contribution is 7.89. The number of hydrogen-bond donors (Lipinski definition) is 1. The Labute approximate surface area is 156 Å². The lowest BCUT2D eigenvalue weighted by atomic mass is 9.77. The molecule has 1 aliphatic carbocycles. The number of hydrogen-bond acceptors (Lipinski definition) is 2. The standard InChI is InChI=1S/C19H21F4NO2S/c1-3-4-6-14-8-10-16(11-9-14)27(25,26)24-13-15-7-5-12-18(2,17(15)20)19(21,22)23/h3,5,7-12,17,24H,1,4,6,13H2,2H3. The molecule has 8 heteroatoms. The highest BCUT2D eigenvalue weighted by atomic mass is 32.2. The fraction of sp³-hybridized carbons (Fsp3) is 0.368. The van der Waals surface area contributed by atoms with Gasteiger partial charge >= 0.3 is 6.18 Å². The van der Waals surface area contributed by atoms with Crippen molar-refractivity contribution in [3.05, 3.63) is 66.3 Å². The van der Waals surface area contributed by atoms with Gasteiger partial charge in [0, 0.05) is 6.54 Å². The van der Waals surface area contributed by atoms with Gasteiger partial charge in [-0.1, -0.05) is 36.4 Å². The third-order valence-corrected chi connectivity index (χ3v) is 5.97. The van der Waals surface area contributed by atoms with Crippen LogP contribution in [0.3, 0.4) is 0 Å². The fourth-order valence-electron chi connectivity index (χ4n) is 2.68. The van der Waals surface area contributed by atoms with Gasteiger partial charge in [-0.3, -0.25) is 0 Å². The summed E-state index contributed by atoms with van der Waals surface area (Å²) < 4.78 is 80.8. The molecule has 1 aromatic carbocycles. The van der Waals surface area contributed by atoms with E-state index in [4.69, 9.17) is 0 Å². The van der Waals surface area contributed by atoms with Crippen LogP contribution in [0.15, 0.2) is 65.6 Å². The van der Waals surface area contributed by atoms with Gasteiger partial charge in [0.1, 0.15) is 11.6 Å². The topological polar surface area (TPSA) is 46.2 Å². The third kappa shape index (κ3) is 4.68. The number of alkyl halides is 4. The minimum absolute atomic E-state index is 0.0363. The molecule has 2 rings (SSSR count). The first-order valence-electron chi connectivity index (χ1n) is 8.30. The molecule has 0 aromatic heterocycles. The van der Waals surface area contributed by atoms with Gasteiger partial charge < -0.3 is 0 Å². The average Bonchev–Trinajstić information content (AvgIpc) is 2.60. The Balaban J connectivity index is 2.10. The quantitative estimate of drug-likeness (QED) is 0.539. The third-order valence-electron chi connectivity index (χ3n) is 4.55. The van der Waals surface area contributed by atoms with Gasteiger partial charge in [-0.05, 0) is 43.0 Å². The summed E-state index contributed by atoms with van der Waals surface area (Å²) in [4.78, 5) is -0.0363. The largest absolute Gasteiger partial charge is 0.400 e. The van der Waals surface area contributed by atoms with Gasteiger partial charge in [-0.25, -0.2) is 17.5 Å². The predicted octanol–water partition coefficient (Wildman–Crippen LogP) is 4.49.